The summed E-state index contributed by atoms with van der Waals surface area (Å²) in [6, 6.07) is 0. The molecule has 0 saturated heterocycles. The summed E-state index contributed by atoms with van der Waals surface area (Å²) in [6.07, 6.45) is 2.73. The van der Waals surface area contributed by atoms with Crippen molar-refractivity contribution in [2.75, 3.05) is 0 Å². The first-order valence-corrected chi connectivity index (χ1v) is 5.07. The van der Waals surface area contributed by atoms with Gasteiger partial charge in [-0.3, -0.25) is 0 Å². The highest BCUT2D eigenvalue weighted by Gasteiger charge is 2.51. The van der Waals surface area contributed by atoms with Crippen LogP contribution in [0.1, 0.15) is 47.5 Å². The molecule has 2 atom stereocenters. The van der Waals surface area contributed by atoms with Gasteiger partial charge >= 0.3 is 0 Å². The van der Waals surface area contributed by atoms with Crippen molar-refractivity contribution in [3.05, 3.63) is 0 Å². The van der Waals surface area contributed by atoms with Crippen molar-refractivity contribution in [1.82, 2.24) is 0 Å². The molecule has 0 aliphatic heterocycles. The van der Waals surface area contributed by atoms with E-state index in [0.29, 0.717) is 5.41 Å². The van der Waals surface area contributed by atoms with E-state index in [2.05, 4.69) is 34.6 Å². The van der Waals surface area contributed by atoms with Crippen molar-refractivity contribution in [3.8, 4) is 0 Å². The quantitative estimate of drug-likeness (QED) is 0.568. The molecule has 0 amide bonds. The zero-order chi connectivity index (χ0) is 8.65. The third-order valence-electron chi connectivity index (χ3n) is 4.60. The molecule has 0 radical (unpaired) electrons. The van der Waals surface area contributed by atoms with Gasteiger partial charge in [-0.25, -0.2) is 0 Å². The zero-order valence-corrected chi connectivity index (χ0v) is 8.65. The second-order valence-electron chi connectivity index (χ2n) is 4.51. The normalized spacial score (nSPS) is 50.5. The standard InChI is InChI=1S/C11H22/c1-6-10-8(3)11(5,7-2)9(10)4/h8-10H,6-7H2,1-5H3. The average molecular weight is 154 g/mol. The summed E-state index contributed by atoms with van der Waals surface area (Å²) in [5.74, 6) is 2.90. The van der Waals surface area contributed by atoms with Crippen LogP contribution in [0, 0.1) is 23.2 Å². The summed E-state index contributed by atoms with van der Waals surface area (Å²) in [6.45, 7) is 12.0. The molecular formula is C11H22. The van der Waals surface area contributed by atoms with Crippen LogP contribution in [-0.4, -0.2) is 0 Å². The Labute approximate surface area is 71.4 Å². The third kappa shape index (κ3) is 1.02. The van der Waals surface area contributed by atoms with Gasteiger partial charge in [0.15, 0.2) is 0 Å². The van der Waals surface area contributed by atoms with Gasteiger partial charge in [0.1, 0.15) is 0 Å². The Kier molecular flexibility index (Phi) is 2.32. The fourth-order valence-electron chi connectivity index (χ4n) is 3.06. The van der Waals surface area contributed by atoms with Gasteiger partial charge in [0.25, 0.3) is 0 Å². The van der Waals surface area contributed by atoms with E-state index in [-0.39, 0.29) is 0 Å². The molecule has 11 heavy (non-hydrogen) atoms. The van der Waals surface area contributed by atoms with Crippen molar-refractivity contribution in [2.45, 2.75) is 47.5 Å². The van der Waals surface area contributed by atoms with E-state index in [4.69, 9.17) is 0 Å². The van der Waals surface area contributed by atoms with E-state index in [9.17, 15) is 0 Å². The Bertz CT molecular complexity index is 127. The van der Waals surface area contributed by atoms with Gasteiger partial charge in [0, 0.05) is 0 Å². The number of hydrogen-bond acceptors (Lipinski definition) is 0. The van der Waals surface area contributed by atoms with E-state index in [1.165, 1.54) is 12.8 Å². The Morgan fingerprint density at radius 1 is 1.09 bits per heavy atom. The van der Waals surface area contributed by atoms with Gasteiger partial charge in [-0.1, -0.05) is 47.5 Å². The molecule has 1 saturated carbocycles. The van der Waals surface area contributed by atoms with Crippen LogP contribution in [0.15, 0.2) is 0 Å². The molecule has 0 aromatic rings. The fourth-order valence-corrected chi connectivity index (χ4v) is 3.06. The minimum absolute atomic E-state index is 0.653. The van der Waals surface area contributed by atoms with Gasteiger partial charge in [-0.15, -0.1) is 0 Å². The summed E-state index contributed by atoms with van der Waals surface area (Å²) in [5, 5.41) is 0. The lowest BCUT2D eigenvalue weighted by atomic mass is 9.47. The molecule has 0 nitrogen and oxygen atoms in total. The Hall–Kier alpha value is 0. The van der Waals surface area contributed by atoms with Crippen molar-refractivity contribution in [2.24, 2.45) is 23.2 Å². The van der Waals surface area contributed by atoms with Crippen molar-refractivity contribution < 1.29 is 0 Å². The first-order valence-electron chi connectivity index (χ1n) is 5.07. The van der Waals surface area contributed by atoms with E-state index < -0.39 is 0 Å². The summed E-state index contributed by atoms with van der Waals surface area (Å²) >= 11 is 0. The molecule has 0 heterocycles. The van der Waals surface area contributed by atoms with Gasteiger partial charge in [0.2, 0.25) is 0 Å². The second kappa shape index (κ2) is 2.80. The number of hydrogen-bond donors (Lipinski definition) is 0. The van der Waals surface area contributed by atoms with Crippen molar-refractivity contribution in [3.63, 3.8) is 0 Å². The maximum Gasteiger partial charge on any atom is -0.0272 e. The van der Waals surface area contributed by atoms with E-state index in [1.807, 2.05) is 0 Å². The lowest BCUT2D eigenvalue weighted by molar-refractivity contribution is -0.0945. The minimum Gasteiger partial charge on any atom is -0.0651 e. The van der Waals surface area contributed by atoms with E-state index in [1.54, 1.807) is 0 Å². The highest BCUT2D eigenvalue weighted by molar-refractivity contribution is 5.00. The Morgan fingerprint density at radius 2 is 1.55 bits per heavy atom. The first kappa shape index (κ1) is 9.09. The van der Waals surface area contributed by atoms with Crippen LogP contribution in [0.2, 0.25) is 0 Å². The van der Waals surface area contributed by atoms with Gasteiger partial charge in [-0.05, 0) is 23.2 Å². The van der Waals surface area contributed by atoms with E-state index >= 15 is 0 Å². The van der Waals surface area contributed by atoms with Gasteiger partial charge in [-0.2, -0.15) is 0 Å². The lowest BCUT2D eigenvalue weighted by Gasteiger charge is -2.58. The van der Waals surface area contributed by atoms with Gasteiger partial charge in [0.05, 0.1) is 0 Å². The molecule has 0 aromatic heterocycles. The molecule has 0 spiro atoms. The molecule has 0 bridgehead atoms. The molecule has 66 valence electrons. The summed E-state index contributed by atoms with van der Waals surface area (Å²) in [7, 11) is 0. The van der Waals surface area contributed by atoms with Crippen LogP contribution in [-0.2, 0) is 0 Å². The van der Waals surface area contributed by atoms with Crippen molar-refractivity contribution >= 4 is 0 Å². The van der Waals surface area contributed by atoms with Crippen LogP contribution < -0.4 is 0 Å². The van der Waals surface area contributed by atoms with Crippen LogP contribution >= 0.6 is 0 Å². The summed E-state index contributed by atoms with van der Waals surface area (Å²) in [4.78, 5) is 0. The Balaban J connectivity index is 2.62. The second-order valence-corrected chi connectivity index (χ2v) is 4.51. The zero-order valence-electron chi connectivity index (χ0n) is 8.65. The van der Waals surface area contributed by atoms with E-state index in [0.717, 1.165) is 17.8 Å². The predicted octanol–water partition coefficient (Wildman–Crippen LogP) is 3.71. The molecule has 0 heteroatoms. The predicted molar refractivity (Wildman–Crippen MR) is 50.5 cm³/mol. The monoisotopic (exact) mass is 154 g/mol. The molecule has 1 rings (SSSR count). The first-order chi connectivity index (χ1) is 5.07. The summed E-state index contributed by atoms with van der Waals surface area (Å²) < 4.78 is 0. The SMILES string of the molecule is CCC1C(C)C(C)(CC)C1C. The molecule has 1 aliphatic carbocycles. The lowest BCUT2D eigenvalue weighted by Crippen LogP contribution is -2.51. The fraction of sp³-hybridized carbons (Fsp3) is 1.00. The maximum absolute atomic E-state index is 2.45. The third-order valence-corrected chi connectivity index (χ3v) is 4.60. The van der Waals surface area contributed by atoms with Crippen LogP contribution in [0.5, 0.6) is 0 Å². The molecular weight excluding hydrogens is 132 g/mol. The molecule has 0 aromatic carbocycles. The molecule has 2 unspecified atom stereocenters. The molecule has 0 N–H and O–H groups in total. The average Bonchev–Trinajstić information content (AvgIpc) is 2.04. The number of rotatable bonds is 2. The summed E-state index contributed by atoms with van der Waals surface area (Å²) in [5.41, 5.74) is 0.653. The Morgan fingerprint density at radius 3 is 1.82 bits per heavy atom. The van der Waals surface area contributed by atoms with Crippen molar-refractivity contribution in [1.29, 1.82) is 0 Å². The van der Waals surface area contributed by atoms with Crippen LogP contribution in [0.4, 0.5) is 0 Å². The minimum atomic E-state index is 0.653. The highest BCUT2D eigenvalue weighted by atomic mass is 14.6. The molecule has 1 aliphatic rings. The molecule has 1 fully saturated rings. The van der Waals surface area contributed by atoms with Crippen LogP contribution in [0.25, 0.3) is 0 Å². The topological polar surface area (TPSA) is 0 Å². The smallest absolute Gasteiger partial charge is 0.0272 e. The highest BCUT2D eigenvalue weighted by Crippen LogP contribution is 2.58. The van der Waals surface area contributed by atoms with Crippen LogP contribution in [0.3, 0.4) is 0 Å². The largest absolute Gasteiger partial charge is 0.0651 e. The van der Waals surface area contributed by atoms with Gasteiger partial charge < -0.3 is 0 Å². The maximum atomic E-state index is 2.45.